The highest BCUT2D eigenvalue weighted by Gasteiger charge is 2.21. The largest absolute Gasteiger partial charge is 0.494 e. The zero-order valence-corrected chi connectivity index (χ0v) is 20.0. The third-order valence-electron chi connectivity index (χ3n) is 5.85. The second-order valence-electron chi connectivity index (χ2n) is 8.74. The summed E-state index contributed by atoms with van der Waals surface area (Å²) in [4.78, 5) is 23.3. The van der Waals surface area contributed by atoms with E-state index >= 15 is 0 Å². The zero-order valence-electron chi connectivity index (χ0n) is 19.2. The second kappa shape index (κ2) is 11.5. The van der Waals surface area contributed by atoms with Crippen LogP contribution in [0.25, 0.3) is 0 Å². The molecule has 3 N–H and O–H groups in total. The number of nitrogens with two attached hydrogens (primary N) is 1. The van der Waals surface area contributed by atoms with Crippen LogP contribution in [0.3, 0.4) is 0 Å². The van der Waals surface area contributed by atoms with Gasteiger partial charge in [-0.15, -0.1) is 0 Å². The van der Waals surface area contributed by atoms with Crippen molar-refractivity contribution >= 4 is 23.5 Å². The number of carbonyl (C=O) groups is 1. The number of aromatic nitrogens is 2. The molecule has 1 atom stereocenters. The third-order valence-corrected chi connectivity index (χ3v) is 6.04. The molecule has 174 valence electrons. The van der Waals surface area contributed by atoms with Crippen LogP contribution in [0.4, 0.5) is 5.95 Å². The number of benzene rings is 1. The molecule has 0 unspecified atom stereocenters. The maximum absolute atomic E-state index is 12.4. The predicted octanol–water partition coefficient (Wildman–Crippen LogP) is 3.90. The first-order chi connectivity index (χ1) is 15.3. The Kier molecular flexibility index (Phi) is 8.70. The van der Waals surface area contributed by atoms with E-state index in [4.69, 9.17) is 22.1 Å². The number of anilines is 1. The van der Waals surface area contributed by atoms with Crippen LogP contribution < -0.4 is 20.7 Å². The molecule has 32 heavy (non-hydrogen) atoms. The molecule has 1 saturated heterocycles. The van der Waals surface area contributed by atoms with Gasteiger partial charge >= 0.3 is 0 Å². The van der Waals surface area contributed by atoms with Gasteiger partial charge in [0.25, 0.3) is 5.91 Å². The monoisotopic (exact) mass is 459 g/mol. The highest BCUT2D eigenvalue weighted by atomic mass is 35.5. The van der Waals surface area contributed by atoms with E-state index < -0.39 is 0 Å². The molecular weight excluding hydrogens is 426 g/mol. The van der Waals surface area contributed by atoms with Crippen LogP contribution >= 0.6 is 11.6 Å². The summed E-state index contributed by atoms with van der Waals surface area (Å²) in [5.74, 6) is 2.19. The number of carbonyl (C=O) groups excluding carboxylic acids is 1. The number of rotatable bonds is 9. The van der Waals surface area contributed by atoms with Gasteiger partial charge in [-0.1, -0.05) is 11.6 Å². The molecule has 1 fully saturated rings. The lowest BCUT2D eigenvalue weighted by molar-refractivity contribution is 0.0950. The van der Waals surface area contributed by atoms with Crippen LogP contribution in [0, 0.1) is 19.8 Å². The summed E-state index contributed by atoms with van der Waals surface area (Å²) in [6, 6.07) is 3.82. The lowest BCUT2D eigenvalue weighted by atomic mass is 9.92. The van der Waals surface area contributed by atoms with E-state index in [2.05, 4.69) is 20.2 Å². The number of hydrogen-bond acceptors (Lipinski definition) is 6. The summed E-state index contributed by atoms with van der Waals surface area (Å²) >= 11 is 5.87. The fourth-order valence-electron chi connectivity index (χ4n) is 4.16. The quantitative estimate of drug-likeness (QED) is 0.552. The summed E-state index contributed by atoms with van der Waals surface area (Å²) in [5.41, 5.74) is 8.27. The molecule has 1 aromatic carbocycles. The van der Waals surface area contributed by atoms with Crippen molar-refractivity contribution in [2.75, 3.05) is 31.1 Å². The van der Waals surface area contributed by atoms with Crippen LogP contribution in [-0.4, -0.2) is 48.2 Å². The predicted molar refractivity (Wildman–Crippen MR) is 129 cm³/mol. The van der Waals surface area contributed by atoms with Crippen molar-refractivity contribution in [3.8, 4) is 5.75 Å². The van der Waals surface area contributed by atoms with Crippen molar-refractivity contribution in [2.45, 2.75) is 52.5 Å². The number of halogens is 1. The van der Waals surface area contributed by atoms with E-state index in [1.54, 1.807) is 12.4 Å². The Morgan fingerprint density at radius 2 is 1.88 bits per heavy atom. The van der Waals surface area contributed by atoms with Gasteiger partial charge in [0, 0.05) is 31.2 Å². The summed E-state index contributed by atoms with van der Waals surface area (Å²) in [5, 5.41) is 3.45. The van der Waals surface area contributed by atoms with Crippen molar-refractivity contribution in [3.05, 3.63) is 46.2 Å². The molecular formula is C24H34ClN5O2. The van der Waals surface area contributed by atoms with Crippen LogP contribution in [0.15, 0.2) is 24.5 Å². The zero-order chi connectivity index (χ0) is 23.1. The molecule has 0 bridgehead atoms. The first kappa shape index (κ1) is 24.3. The van der Waals surface area contributed by atoms with E-state index in [0.29, 0.717) is 29.7 Å². The first-order valence-corrected chi connectivity index (χ1v) is 11.7. The fraction of sp³-hybridized carbons (Fsp3) is 0.542. The van der Waals surface area contributed by atoms with Crippen molar-refractivity contribution in [3.63, 3.8) is 0 Å². The van der Waals surface area contributed by atoms with Crippen LogP contribution in [0.5, 0.6) is 5.75 Å². The Labute approximate surface area is 195 Å². The summed E-state index contributed by atoms with van der Waals surface area (Å²) in [6.07, 6.45) is 7.72. The molecule has 1 amide bonds. The highest BCUT2D eigenvalue weighted by molar-refractivity contribution is 6.30. The number of nitrogens with one attached hydrogen (secondary N) is 1. The lowest BCUT2D eigenvalue weighted by Crippen LogP contribution is -2.35. The fourth-order valence-corrected chi connectivity index (χ4v) is 4.26. The SMILES string of the molecule is Cc1cc(OCCCC2CCN(c3ncc(Cl)cn3)CC2)cc(C)c1C(=O)NC[C@H](C)N. The summed E-state index contributed by atoms with van der Waals surface area (Å²) < 4.78 is 6.00. The van der Waals surface area contributed by atoms with Crippen molar-refractivity contribution in [2.24, 2.45) is 11.7 Å². The van der Waals surface area contributed by atoms with Crippen LogP contribution in [-0.2, 0) is 0 Å². The Balaban J connectivity index is 1.41. The van der Waals surface area contributed by atoms with Crippen molar-refractivity contribution < 1.29 is 9.53 Å². The standard InChI is InChI=1S/C24H34ClN5O2/c1-16-11-21(12-17(2)22(16)23(31)27-13-18(3)26)32-10-4-5-19-6-8-30(9-7-19)24-28-14-20(25)15-29-24/h11-12,14-15,18-19H,4-10,13,26H2,1-3H3,(H,27,31)/t18-/m0/s1. The Morgan fingerprint density at radius 3 is 2.47 bits per heavy atom. The molecule has 0 radical (unpaired) electrons. The lowest BCUT2D eigenvalue weighted by Gasteiger charge is -2.32. The minimum atomic E-state index is -0.0841. The van der Waals surface area contributed by atoms with Gasteiger partial charge in [-0.05, 0) is 75.6 Å². The van der Waals surface area contributed by atoms with Crippen LogP contribution in [0.2, 0.25) is 5.02 Å². The van der Waals surface area contributed by atoms with E-state index in [9.17, 15) is 4.79 Å². The Morgan fingerprint density at radius 1 is 1.25 bits per heavy atom. The number of aryl methyl sites for hydroxylation is 2. The Bertz CT molecular complexity index is 873. The van der Waals surface area contributed by atoms with Gasteiger partial charge in [0.15, 0.2) is 0 Å². The van der Waals surface area contributed by atoms with E-state index in [1.165, 1.54) is 0 Å². The molecule has 0 spiro atoms. The molecule has 1 aromatic heterocycles. The van der Waals surface area contributed by atoms with Crippen LogP contribution in [0.1, 0.15) is 54.1 Å². The number of piperidine rings is 1. The van der Waals surface area contributed by atoms with Gasteiger partial charge in [0.05, 0.1) is 24.0 Å². The maximum Gasteiger partial charge on any atom is 0.251 e. The van der Waals surface area contributed by atoms with Gasteiger partial charge in [0.2, 0.25) is 5.95 Å². The second-order valence-corrected chi connectivity index (χ2v) is 9.18. The Hall–Kier alpha value is -2.38. The smallest absolute Gasteiger partial charge is 0.251 e. The van der Waals surface area contributed by atoms with E-state index in [1.807, 2.05) is 32.9 Å². The minimum Gasteiger partial charge on any atom is -0.494 e. The van der Waals surface area contributed by atoms with Crippen molar-refractivity contribution in [1.82, 2.24) is 15.3 Å². The molecule has 8 heteroatoms. The normalized spacial score (nSPS) is 15.5. The number of hydrogen-bond donors (Lipinski definition) is 2. The summed E-state index contributed by atoms with van der Waals surface area (Å²) in [6.45, 7) is 8.83. The molecule has 1 aliphatic heterocycles. The van der Waals surface area contributed by atoms with Gasteiger partial charge in [-0.2, -0.15) is 0 Å². The molecule has 2 aromatic rings. The maximum atomic E-state index is 12.4. The highest BCUT2D eigenvalue weighted by Crippen LogP contribution is 2.26. The molecule has 0 saturated carbocycles. The van der Waals surface area contributed by atoms with Gasteiger partial charge in [-0.3, -0.25) is 4.79 Å². The first-order valence-electron chi connectivity index (χ1n) is 11.3. The van der Waals surface area contributed by atoms with Crippen molar-refractivity contribution in [1.29, 1.82) is 0 Å². The summed E-state index contributed by atoms with van der Waals surface area (Å²) in [7, 11) is 0. The average molecular weight is 460 g/mol. The minimum absolute atomic E-state index is 0.0693. The van der Waals surface area contributed by atoms with Gasteiger partial charge in [-0.25, -0.2) is 9.97 Å². The number of amides is 1. The molecule has 2 heterocycles. The molecule has 0 aliphatic carbocycles. The van der Waals surface area contributed by atoms with E-state index in [-0.39, 0.29) is 11.9 Å². The van der Waals surface area contributed by atoms with Gasteiger partial charge in [0.1, 0.15) is 5.75 Å². The number of nitrogens with zero attached hydrogens (tertiary/aromatic N) is 3. The van der Waals surface area contributed by atoms with E-state index in [0.717, 1.165) is 61.6 Å². The molecule has 7 nitrogen and oxygen atoms in total. The average Bonchev–Trinajstić information content (AvgIpc) is 2.76. The third kappa shape index (κ3) is 6.81. The molecule has 3 rings (SSSR count). The number of ether oxygens (including phenoxy) is 1. The van der Waals surface area contributed by atoms with Gasteiger partial charge < -0.3 is 20.7 Å². The topological polar surface area (TPSA) is 93.4 Å². The molecule has 1 aliphatic rings.